The maximum atomic E-state index is 5.26. The maximum Gasteiger partial charge on any atom is 0.164 e. The summed E-state index contributed by atoms with van der Waals surface area (Å²) in [5.41, 5.74) is 10.0. The molecule has 5 nitrogen and oxygen atoms in total. The Labute approximate surface area is 302 Å². The number of fused-ring (bicyclic) bond motifs is 3. The highest BCUT2D eigenvalue weighted by Gasteiger charge is 2.17. The Balaban J connectivity index is 1.25. The van der Waals surface area contributed by atoms with Gasteiger partial charge in [-0.05, 0) is 88.0 Å². The highest BCUT2D eigenvalue weighted by molar-refractivity contribution is 6.13. The minimum Gasteiger partial charge on any atom is -0.233 e. The summed E-state index contributed by atoms with van der Waals surface area (Å²) in [6.07, 6.45) is 0. The van der Waals surface area contributed by atoms with Gasteiger partial charge >= 0.3 is 0 Å². The second-order valence-corrected chi connectivity index (χ2v) is 13.1. The van der Waals surface area contributed by atoms with E-state index in [4.69, 9.17) is 15.0 Å². The molecule has 5 heteroatoms. The molecule has 0 saturated carbocycles. The molecule has 0 aliphatic heterocycles. The fraction of sp³-hybridized carbons (Fsp3) is 0.0426. The van der Waals surface area contributed by atoms with Crippen molar-refractivity contribution in [3.05, 3.63) is 175 Å². The number of aryl methyl sites for hydroxylation is 2. The van der Waals surface area contributed by atoms with Crippen molar-refractivity contribution in [3.8, 4) is 67.8 Å². The molecular formula is C47H33N5. The first-order valence-electron chi connectivity index (χ1n) is 17.4. The average Bonchev–Trinajstić information content (AvgIpc) is 3.20. The van der Waals surface area contributed by atoms with Gasteiger partial charge in [0.1, 0.15) is 0 Å². The van der Waals surface area contributed by atoms with Crippen molar-refractivity contribution in [2.75, 3.05) is 0 Å². The van der Waals surface area contributed by atoms with Crippen LogP contribution in [0.1, 0.15) is 11.4 Å². The molecule has 7 aromatic carbocycles. The second kappa shape index (κ2) is 13.1. The molecule has 0 atom stereocenters. The summed E-state index contributed by atoms with van der Waals surface area (Å²) in [5, 5.41) is 4.61. The van der Waals surface area contributed by atoms with Crippen molar-refractivity contribution >= 4 is 21.5 Å². The molecule has 2 aromatic heterocycles. The standard InChI is InChI=1S/C47H33N5/c1-30-25-31(2)49-44(48-30)35-23-21-33(22-24-35)38-26-37(32-13-5-3-6-14-32)27-39(28-38)46-50-45(34-15-7-4-8-16-34)51-47(52-46)43-29-36-17-9-10-18-40(36)41-19-11-12-20-42(41)43/h3-29H,1-2H3. The van der Waals surface area contributed by atoms with Crippen LogP contribution in [0.2, 0.25) is 0 Å². The van der Waals surface area contributed by atoms with Gasteiger partial charge < -0.3 is 0 Å². The molecule has 0 aliphatic carbocycles. The molecule has 0 bridgehead atoms. The zero-order chi connectivity index (χ0) is 35.0. The van der Waals surface area contributed by atoms with Gasteiger partial charge in [-0.25, -0.2) is 24.9 Å². The first-order chi connectivity index (χ1) is 25.6. The average molecular weight is 668 g/mol. The van der Waals surface area contributed by atoms with Crippen LogP contribution in [-0.2, 0) is 0 Å². The van der Waals surface area contributed by atoms with Gasteiger partial charge in [0, 0.05) is 33.6 Å². The smallest absolute Gasteiger partial charge is 0.164 e. The molecule has 0 fully saturated rings. The highest BCUT2D eigenvalue weighted by atomic mass is 15.0. The van der Waals surface area contributed by atoms with E-state index in [0.29, 0.717) is 17.5 Å². The summed E-state index contributed by atoms with van der Waals surface area (Å²) in [7, 11) is 0. The van der Waals surface area contributed by atoms with Crippen molar-refractivity contribution in [3.63, 3.8) is 0 Å². The third-order valence-corrected chi connectivity index (χ3v) is 9.43. The van der Waals surface area contributed by atoms with Crippen LogP contribution in [0.5, 0.6) is 0 Å². The van der Waals surface area contributed by atoms with Crippen LogP contribution < -0.4 is 0 Å². The quantitative estimate of drug-likeness (QED) is 0.165. The summed E-state index contributed by atoms with van der Waals surface area (Å²) in [6.45, 7) is 4.00. The summed E-state index contributed by atoms with van der Waals surface area (Å²) in [6, 6.07) is 56.9. The lowest BCUT2D eigenvalue weighted by molar-refractivity contribution is 1.06. The lowest BCUT2D eigenvalue weighted by atomic mass is 9.95. The zero-order valence-corrected chi connectivity index (χ0v) is 28.8. The van der Waals surface area contributed by atoms with Crippen molar-refractivity contribution < 1.29 is 0 Å². The fourth-order valence-electron chi connectivity index (χ4n) is 6.97. The van der Waals surface area contributed by atoms with Crippen molar-refractivity contribution in [2.24, 2.45) is 0 Å². The summed E-state index contributed by atoms with van der Waals surface area (Å²) in [4.78, 5) is 24.9. The number of nitrogens with zero attached hydrogens (tertiary/aromatic N) is 5. The summed E-state index contributed by atoms with van der Waals surface area (Å²) >= 11 is 0. The van der Waals surface area contributed by atoms with E-state index in [-0.39, 0.29) is 0 Å². The highest BCUT2D eigenvalue weighted by Crippen LogP contribution is 2.37. The monoisotopic (exact) mass is 667 g/mol. The number of benzene rings is 7. The van der Waals surface area contributed by atoms with Crippen LogP contribution in [-0.4, -0.2) is 24.9 Å². The van der Waals surface area contributed by atoms with E-state index in [1.807, 2.05) is 56.3 Å². The molecule has 0 amide bonds. The van der Waals surface area contributed by atoms with Crippen molar-refractivity contribution in [1.82, 2.24) is 24.9 Å². The first-order valence-corrected chi connectivity index (χ1v) is 17.4. The number of hydrogen-bond donors (Lipinski definition) is 0. The Hall–Kier alpha value is -6.85. The Bertz CT molecular complexity index is 2720. The third kappa shape index (κ3) is 5.99. The SMILES string of the molecule is Cc1cc(C)nc(-c2ccc(-c3cc(-c4ccccc4)cc(-c4nc(-c5ccccc5)nc(-c5cc6ccccc6c6ccccc56)n4)c3)cc2)n1. The number of aromatic nitrogens is 5. The van der Waals surface area contributed by atoms with E-state index in [9.17, 15) is 0 Å². The Morgan fingerprint density at radius 1 is 0.288 bits per heavy atom. The fourth-order valence-corrected chi connectivity index (χ4v) is 6.97. The van der Waals surface area contributed by atoms with Gasteiger partial charge in [0.25, 0.3) is 0 Å². The molecule has 9 rings (SSSR count). The van der Waals surface area contributed by atoms with Crippen molar-refractivity contribution in [1.29, 1.82) is 0 Å². The molecule has 0 aliphatic rings. The Morgan fingerprint density at radius 3 is 1.40 bits per heavy atom. The van der Waals surface area contributed by atoms with Gasteiger partial charge in [-0.3, -0.25) is 0 Å². The second-order valence-electron chi connectivity index (χ2n) is 13.1. The van der Waals surface area contributed by atoms with Crippen LogP contribution in [0, 0.1) is 13.8 Å². The summed E-state index contributed by atoms with van der Waals surface area (Å²) in [5.74, 6) is 2.60. The molecule has 0 spiro atoms. The van der Waals surface area contributed by atoms with Crippen LogP contribution in [0.15, 0.2) is 164 Å². The lowest BCUT2D eigenvalue weighted by Crippen LogP contribution is -2.01. The molecular weight excluding hydrogens is 635 g/mol. The molecule has 52 heavy (non-hydrogen) atoms. The van der Waals surface area contributed by atoms with Gasteiger partial charge in [-0.15, -0.1) is 0 Å². The van der Waals surface area contributed by atoms with E-state index >= 15 is 0 Å². The van der Waals surface area contributed by atoms with Crippen molar-refractivity contribution in [2.45, 2.75) is 13.8 Å². The maximum absolute atomic E-state index is 5.26. The topological polar surface area (TPSA) is 64.5 Å². The molecule has 246 valence electrons. The zero-order valence-electron chi connectivity index (χ0n) is 28.8. The van der Waals surface area contributed by atoms with Crippen LogP contribution >= 0.6 is 0 Å². The predicted molar refractivity (Wildman–Crippen MR) is 213 cm³/mol. The minimum absolute atomic E-state index is 0.611. The molecule has 9 aromatic rings. The molecule has 2 heterocycles. The molecule has 0 N–H and O–H groups in total. The van der Waals surface area contributed by atoms with Gasteiger partial charge in [0.2, 0.25) is 0 Å². The Morgan fingerprint density at radius 2 is 0.731 bits per heavy atom. The molecule has 0 saturated heterocycles. The van der Waals surface area contributed by atoms with E-state index < -0.39 is 0 Å². The van der Waals surface area contributed by atoms with Crippen LogP contribution in [0.25, 0.3) is 89.4 Å². The van der Waals surface area contributed by atoms with Gasteiger partial charge in [0.15, 0.2) is 23.3 Å². The van der Waals surface area contributed by atoms with E-state index in [1.165, 1.54) is 10.8 Å². The molecule has 0 unspecified atom stereocenters. The first kappa shape index (κ1) is 31.2. The van der Waals surface area contributed by atoms with Crippen LogP contribution in [0.4, 0.5) is 0 Å². The number of hydrogen-bond acceptors (Lipinski definition) is 5. The van der Waals surface area contributed by atoms with E-state index in [0.717, 1.165) is 72.5 Å². The number of rotatable bonds is 6. The van der Waals surface area contributed by atoms with E-state index in [2.05, 4.69) is 131 Å². The van der Waals surface area contributed by atoms with Gasteiger partial charge in [0.05, 0.1) is 0 Å². The van der Waals surface area contributed by atoms with Gasteiger partial charge in [-0.2, -0.15) is 0 Å². The lowest BCUT2D eigenvalue weighted by Gasteiger charge is -2.14. The van der Waals surface area contributed by atoms with E-state index in [1.54, 1.807) is 0 Å². The van der Waals surface area contributed by atoms with Gasteiger partial charge in [-0.1, -0.05) is 133 Å². The summed E-state index contributed by atoms with van der Waals surface area (Å²) < 4.78 is 0. The normalized spacial score (nSPS) is 11.3. The molecule has 0 radical (unpaired) electrons. The van der Waals surface area contributed by atoms with Crippen LogP contribution in [0.3, 0.4) is 0 Å². The minimum atomic E-state index is 0.611. The largest absolute Gasteiger partial charge is 0.233 e. The predicted octanol–water partition coefficient (Wildman–Crippen LogP) is 11.6. The third-order valence-electron chi connectivity index (χ3n) is 9.43. The Kier molecular flexibility index (Phi) is 7.86.